The summed E-state index contributed by atoms with van der Waals surface area (Å²) in [6.07, 6.45) is 2.69. The summed E-state index contributed by atoms with van der Waals surface area (Å²) < 4.78 is 13.1. The first-order chi connectivity index (χ1) is 8.60. The van der Waals surface area contributed by atoms with E-state index in [4.69, 9.17) is 16.7 Å². The van der Waals surface area contributed by atoms with Gasteiger partial charge in [-0.15, -0.1) is 0 Å². The predicted molar refractivity (Wildman–Crippen MR) is 67.1 cm³/mol. The van der Waals surface area contributed by atoms with Crippen LogP contribution in [0.4, 0.5) is 4.39 Å². The lowest BCUT2D eigenvalue weighted by Gasteiger charge is -2.21. The molecule has 1 aromatic heterocycles. The fourth-order valence-corrected chi connectivity index (χ4v) is 1.71. The third kappa shape index (κ3) is 3.92. The van der Waals surface area contributed by atoms with Crippen LogP contribution in [0.3, 0.4) is 0 Å². The number of rotatable bonds is 6. The highest BCUT2D eigenvalue weighted by molar-refractivity contribution is 6.32. The second-order valence-electron chi connectivity index (χ2n) is 3.86. The molecule has 0 aliphatic heterocycles. The van der Waals surface area contributed by atoms with Gasteiger partial charge in [-0.1, -0.05) is 24.9 Å². The van der Waals surface area contributed by atoms with Crippen LogP contribution >= 0.6 is 11.6 Å². The minimum Gasteiger partial charge on any atom is -0.395 e. The standard InChI is InChI=1S/C12H16ClFN2O2/c1-2-3-4-16(5-6-17)12(18)10-7-9(14)8-15-11(10)13/h7-8,17H,2-6H2,1H3. The zero-order valence-electron chi connectivity index (χ0n) is 10.2. The number of carbonyl (C=O) groups excluding carboxylic acids is 1. The molecule has 1 rings (SSSR count). The van der Waals surface area contributed by atoms with Crippen LogP contribution in [0.15, 0.2) is 12.3 Å². The van der Waals surface area contributed by atoms with Gasteiger partial charge in [-0.2, -0.15) is 0 Å². The van der Waals surface area contributed by atoms with Crippen LogP contribution in [0.25, 0.3) is 0 Å². The zero-order valence-corrected chi connectivity index (χ0v) is 11.0. The summed E-state index contributed by atoms with van der Waals surface area (Å²) in [5.74, 6) is -1.02. The Morgan fingerprint density at radius 1 is 1.56 bits per heavy atom. The van der Waals surface area contributed by atoms with Gasteiger partial charge < -0.3 is 10.0 Å². The Labute approximate surface area is 110 Å². The van der Waals surface area contributed by atoms with Crippen LogP contribution in [0.2, 0.25) is 5.15 Å². The Morgan fingerprint density at radius 3 is 2.89 bits per heavy atom. The van der Waals surface area contributed by atoms with Crippen LogP contribution in [0, 0.1) is 5.82 Å². The maximum atomic E-state index is 13.1. The first-order valence-electron chi connectivity index (χ1n) is 5.81. The van der Waals surface area contributed by atoms with E-state index in [1.54, 1.807) is 0 Å². The first-order valence-corrected chi connectivity index (χ1v) is 6.19. The van der Waals surface area contributed by atoms with Gasteiger partial charge in [-0.25, -0.2) is 9.37 Å². The summed E-state index contributed by atoms with van der Waals surface area (Å²) in [6.45, 7) is 2.56. The summed E-state index contributed by atoms with van der Waals surface area (Å²) in [6, 6.07) is 1.06. The highest BCUT2D eigenvalue weighted by Gasteiger charge is 2.19. The van der Waals surface area contributed by atoms with Crippen LogP contribution in [0.1, 0.15) is 30.1 Å². The maximum absolute atomic E-state index is 13.1. The molecule has 1 aromatic rings. The lowest BCUT2D eigenvalue weighted by molar-refractivity contribution is 0.0718. The van der Waals surface area contributed by atoms with Gasteiger partial charge in [0.2, 0.25) is 0 Å². The Bertz CT molecular complexity index is 415. The molecule has 18 heavy (non-hydrogen) atoms. The van der Waals surface area contributed by atoms with Gasteiger partial charge >= 0.3 is 0 Å². The van der Waals surface area contributed by atoms with Crippen molar-refractivity contribution in [1.29, 1.82) is 0 Å². The molecule has 4 nitrogen and oxygen atoms in total. The fraction of sp³-hybridized carbons (Fsp3) is 0.500. The van der Waals surface area contributed by atoms with E-state index in [0.717, 1.165) is 25.1 Å². The van der Waals surface area contributed by atoms with Crippen LogP contribution in [-0.2, 0) is 0 Å². The lowest BCUT2D eigenvalue weighted by atomic mass is 10.2. The number of aliphatic hydroxyl groups is 1. The molecule has 0 aliphatic rings. The van der Waals surface area contributed by atoms with Gasteiger partial charge in [-0.3, -0.25) is 4.79 Å². The molecular formula is C12H16ClFN2O2. The van der Waals surface area contributed by atoms with Crippen molar-refractivity contribution in [3.05, 3.63) is 28.8 Å². The number of aromatic nitrogens is 1. The number of aliphatic hydroxyl groups excluding tert-OH is 1. The molecule has 0 aromatic carbocycles. The van der Waals surface area contributed by atoms with Crippen LogP contribution < -0.4 is 0 Å². The largest absolute Gasteiger partial charge is 0.395 e. The number of pyridine rings is 1. The molecule has 1 amide bonds. The summed E-state index contributed by atoms with van der Waals surface area (Å²) in [4.78, 5) is 17.2. The summed E-state index contributed by atoms with van der Waals surface area (Å²) in [5.41, 5.74) is 0.0289. The van der Waals surface area contributed by atoms with E-state index in [2.05, 4.69) is 4.98 Å². The molecular weight excluding hydrogens is 259 g/mol. The monoisotopic (exact) mass is 274 g/mol. The second kappa shape index (κ2) is 7.28. The molecule has 0 saturated heterocycles. The Balaban J connectivity index is 2.90. The number of amides is 1. The smallest absolute Gasteiger partial charge is 0.257 e. The molecule has 0 radical (unpaired) electrons. The van der Waals surface area contributed by atoms with Crippen molar-refractivity contribution < 1.29 is 14.3 Å². The predicted octanol–water partition coefficient (Wildman–Crippen LogP) is 2.11. The number of halogens is 2. The highest BCUT2D eigenvalue weighted by Crippen LogP contribution is 2.16. The SMILES string of the molecule is CCCCN(CCO)C(=O)c1cc(F)cnc1Cl. The normalized spacial score (nSPS) is 10.4. The Kier molecular flexibility index (Phi) is 6.01. The summed E-state index contributed by atoms with van der Waals surface area (Å²) >= 11 is 5.78. The highest BCUT2D eigenvalue weighted by atomic mass is 35.5. The quantitative estimate of drug-likeness (QED) is 0.809. The van der Waals surface area contributed by atoms with E-state index in [-0.39, 0.29) is 23.9 Å². The van der Waals surface area contributed by atoms with Crippen molar-refractivity contribution in [3.63, 3.8) is 0 Å². The second-order valence-corrected chi connectivity index (χ2v) is 4.22. The minimum absolute atomic E-state index is 0.0270. The lowest BCUT2D eigenvalue weighted by Crippen LogP contribution is -2.34. The van der Waals surface area contributed by atoms with E-state index in [1.807, 2.05) is 6.92 Å². The molecule has 0 saturated carbocycles. The average Bonchev–Trinajstić information content (AvgIpc) is 2.36. The van der Waals surface area contributed by atoms with Gasteiger partial charge in [0, 0.05) is 13.1 Å². The third-order valence-electron chi connectivity index (χ3n) is 2.47. The Hall–Kier alpha value is -1.20. The van der Waals surface area contributed by atoms with E-state index >= 15 is 0 Å². The first kappa shape index (κ1) is 14.9. The summed E-state index contributed by atoms with van der Waals surface area (Å²) in [5, 5.41) is 8.91. The number of hydrogen-bond acceptors (Lipinski definition) is 3. The van der Waals surface area contributed by atoms with Crippen LogP contribution in [-0.4, -0.2) is 40.6 Å². The summed E-state index contributed by atoms with van der Waals surface area (Å²) in [7, 11) is 0. The molecule has 1 N–H and O–H groups in total. The number of unbranched alkanes of at least 4 members (excludes halogenated alkanes) is 1. The molecule has 1 heterocycles. The number of hydrogen-bond donors (Lipinski definition) is 1. The molecule has 6 heteroatoms. The van der Waals surface area contributed by atoms with Gasteiger partial charge in [0.25, 0.3) is 5.91 Å². The van der Waals surface area contributed by atoms with E-state index in [9.17, 15) is 9.18 Å². The van der Waals surface area contributed by atoms with Crippen LogP contribution in [0.5, 0.6) is 0 Å². The Morgan fingerprint density at radius 2 is 2.28 bits per heavy atom. The maximum Gasteiger partial charge on any atom is 0.257 e. The molecule has 0 aliphatic carbocycles. The van der Waals surface area contributed by atoms with Crippen molar-refractivity contribution in [1.82, 2.24) is 9.88 Å². The third-order valence-corrected chi connectivity index (χ3v) is 2.78. The van der Waals surface area contributed by atoms with Crippen molar-refractivity contribution in [2.24, 2.45) is 0 Å². The number of nitrogens with zero attached hydrogens (tertiary/aromatic N) is 2. The van der Waals surface area contributed by atoms with Crippen molar-refractivity contribution in [3.8, 4) is 0 Å². The van der Waals surface area contributed by atoms with E-state index in [1.165, 1.54) is 4.90 Å². The minimum atomic E-state index is -0.609. The van der Waals surface area contributed by atoms with Gasteiger partial charge in [-0.05, 0) is 12.5 Å². The van der Waals surface area contributed by atoms with Gasteiger partial charge in [0.1, 0.15) is 11.0 Å². The molecule has 0 fully saturated rings. The molecule has 0 atom stereocenters. The van der Waals surface area contributed by atoms with E-state index in [0.29, 0.717) is 6.54 Å². The molecule has 0 bridgehead atoms. The fourth-order valence-electron chi connectivity index (χ4n) is 1.53. The average molecular weight is 275 g/mol. The topological polar surface area (TPSA) is 53.4 Å². The molecule has 0 spiro atoms. The molecule has 0 unspecified atom stereocenters. The van der Waals surface area contributed by atoms with Crippen molar-refractivity contribution in [2.45, 2.75) is 19.8 Å². The zero-order chi connectivity index (χ0) is 13.5. The van der Waals surface area contributed by atoms with Gasteiger partial charge in [0.15, 0.2) is 0 Å². The van der Waals surface area contributed by atoms with E-state index < -0.39 is 11.7 Å². The molecule has 100 valence electrons. The van der Waals surface area contributed by atoms with Crippen molar-refractivity contribution >= 4 is 17.5 Å². The van der Waals surface area contributed by atoms with Crippen molar-refractivity contribution in [2.75, 3.05) is 19.7 Å². The number of carbonyl (C=O) groups is 1. The van der Waals surface area contributed by atoms with Gasteiger partial charge in [0.05, 0.1) is 18.4 Å².